The largest absolute Gasteiger partial charge is 0.313 e. The summed E-state index contributed by atoms with van der Waals surface area (Å²) in [6.07, 6.45) is 1.05. The molecule has 1 aromatic heterocycles. The average Bonchev–Trinajstić information content (AvgIpc) is 2.86. The molecule has 2 aromatic rings. The fourth-order valence-corrected chi connectivity index (χ4v) is 3.60. The van der Waals surface area contributed by atoms with E-state index in [9.17, 15) is 0 Å². The zero-order valence-corrected chi connectivity index (χ0v) is 14.6. The van der Waals surface area contributed by atoms with Gasteiger partial charge < -0.3 is 10.2 Å². The van der Waals surface area contributed by atoms with Crippen LogP contribution in [0, 0.1) is 0 Å². The van der Waals surface area contributed by atoms with Crippen molar-refractivity contribution in [2.75, 3.05) is 20.6 Å². The monoisotopic (exact) mass is 342 g/mol. The second-order valence-electron chi connectivity index (χ2n) is 5.13. The Morgan fingerprint density at radius 2 is 1.86 bits per heavy atom. The molecule has 0 fully saturated rings. The van der Waals surface area contributed by atoms with Crippen molar-refractivity contribution in [3.05, 3.63) is 56.2 Å². The second kappa shape index (κ2) is 8.16. The van der Waals surface area contributed by atoms with E-state index in [1.165, 1.54) is 10.4 Å². The summed E-state index contributed by atoms with van der Waals surface area (Å²) in [5.41, 5.74) is 1.27. The van der Waals surface area contributed by atoms with Gasteiger partial charge in [-0.15, -0.1) is 11.3 Å². The summed E-state index contributed by atoms with van der Waals surface area (Å²) >= 11 is 13.6. The lowest BCUT2D eigenvalue weighted by Crippen LogP contribution is -2.25. The van der Waals surface area contributed by atoms with Crippen LogP contribution in [0.25, 0.3) is 0 Å². The minimum atomic E-state index is 0.344. The molecule has 1 atom stereocenters. The van der Waals surface area contributed by atoms with Crippen molar-refractivity contribution in [3.8, 4) is 0 Å². The summed E-state index contributed by atoms with van der Waals surface area (Å²) in [5, 5.41) is 4.15. The molecule has 1 aromatic carbocycles. The standard InChI is InChI=1S/C16H20Cl2N2S/c1-19-15(12-3-5-13(17)6-4-12)9-10-20(2)11-14-7-8-16(18)21-14/h3-8,15,19H,9-11H2,1-2H3. The van der Waals surface area contributed by atoms with Crippen LogP contribution in [0.2, 0.25) is 9.36 Å². The van der Waals surface area contributed by atoms with E-state index in [1.54, 1.807) is 11.3 Å². The van der Waals surface area contributed by atoms with Gasteiger partial charge in [0.05, 0.1) is 4.34 Å². The topological polar surface area (TPSA) is 15.3 Å². The molecule has 2 nitrogen and oxygen atoms in total. The van der Waals surface area contributed by atoms with Gasteiger partial charge in [0, 0.05) is 29.0 Å². The van der Waals surface area contributed by atoms with E-state index in [2.05, 4.69) is 35.5 Å². The van der Waals surface area contributed by atoms with Crippen LogP contribution >= 0.6 is 34.5 Å². The van der Waals surface area contributed by atoms with Gasteiger partial charge >= 0.3 is 0 Å². The highest BCUT2D eigenvalue weighted by Crippen LogP contribution is 2.23. The van der Waals surface area contributed by atoms with Crippen LogP contribution in [0.1, 0.15) is 22.9 Å². The van der Waals surface area contributed by atoms with Crippen molar-refractivity contribution in [2.24, 2.45) is 0 Å². The molecule has 0 amide bonds. The molecule has 1 unspecified atom stereocenters. The number of rotatable bonds is 7. The minimum Gasteiger partial charge on any atom is -0.313 e. The molecule has 0 saturated heterocycles. The summed E-state index contributed by atoms with van der Waals surface area (Å²) < 4.78 is 0.854. The van der Waals surface area contributed by atoms with E-state index in [0.717, 1.165) is 28.9 Å². The number of halogens is 2. The Labute approximate surface area is 140 Å². The van der Waals surface area contributed by atoms with Gasteiger partial charge in [-0.1, -0.05) is 35.3 Å². The molecule has 1 N–H and O–H groups in total. The van der Waals surface area contributed by atoms with E-state index in [0.29, 0.717) is 6.04 Å². The molecule has 2 rings (SSSR count). The molecule has 0 aliphatic heterocycles. The fourth-order valence-electron chi connectivity index (χ4n) is 2.30. The third-order valence-electron chi connectivity index (χ3n) is 3.47. The van der Waals surface area contributed by atoms with Gasteiger partial charge in [-0.2, -0.15) is 0 Å². The van der Waals surface area contributed by atoms with Gasteiger partial charge in [-0.3, -0.25) is 0 Å². The Hall–Kier alpha value is -0.580. The first-order valence-electron chi connectivity index (χ1n) is 6.94. The smallest absolute Gasteiger partial charge is 0.0931 e. The van der Waals surface area contributed by atoms with Gasteiger partial charge in [0.25, 0.3) is 0 Å². The van der Waals surface area contributed by atoms with E-state index in [4.69, 9.17) is 23.2 Å². The molecule has 0 saturated carbocycles. The predicted octanol–water partition coefficient (Wildman–Crippen LogP) is 4.84. The molecule has 1 heterocycles. The predicted molar refractivity (Wildman–Crippen MR) is 93.5 cm³/mol. The third kappa shape index (κ3) is 5.28. The van der Waals surface area contributed by atoms with Crippen molar-refractivity contribution in [3.63, 3.8) is 0 Å². The van der Waals surface area contributed by atoms with E-state index >= 15 is 0 Å². The summed E-state index contributed by atoms with van der Waals surface area (Å²) in [6.45, 7) is 1.96. The average molecular weight is 343 g/mol. The molecular weight excluding hydrogens is 323 g/mol. The van der Waals surface area contributed by atoms with Gasteiger partial charge in [-0.05, 0) is 50.3 Å². The number of nitrogens with one attached hydrogen (secondary N) is 1. The van der Waals surface area contributed by atoms with Crippen LogP contribution < -0.4 is 5.32 Å². The number of thiophene rings is 1. The first kappa shape index (κ1) is 16.8. The molecule has 0 bridgehead atoms. The molecule has 0 radical (unpaired) electrons. The van der Waals surface area contributed by atoms with Crippen LogP contribution in [0.5, 0.6) is 0 Å². The molecule has 5 heteroatoms. The zero-order chi connectivity index (χ0) is 15.2. The third-order valence-corrected chi connectivity index (χ3v) is 4.94. The fraction of sp³-hybridized carbons (Fsp3) is 0.375. The maximum Gasteiger partial charge on any atom is 0.0931 e. The lowest BCUT2D eigenvalue weighted by atomic mass is 10.0. The van der Waals surface area contributed by atoms with Crippen molar-refractivity contribution >= 4 is 34.5 Å². The van der Waals surface area contributed by atoms with Gasteiger partial charge in [0.15, 0.2) is 0 Å². The molecular formula is C16H20Cl2N2S. The van der Waals surface area contributed by atoms with Crippen molar-refractivity contribution in [2.45, 2.75) is 19.0 Å². The molecule has 21 heavy (non-hydrogen) atoms. The Balaban J connectivity index is 1.86. The van der Waals surface area contributed by atoms with Gasteiger partial charge in [0.1, 0.15) is 0 Å². The van der Waals surface area contributed by atoms with Crippen LogP contribution in [-0.4, -0.2) is 25.5 Å². The van der Waals surface area contributed by atoms with Crippen LogP contribution in [0.15, 0.2) is 36.4 Å². The van der Waals surface area contributed by atoms with Crippen molar-refractivity contribution < 1.29 is 0 Å². The zero-order valence-electron chi connectivity index (χ0n) is 12.3. The molecule has 0 aliphatic rings. The van der Waals surface area contributed by atoms with Gasteiger partial charge in [-0.25, -0.2) is 0 Å². The van der Waals surface area contributed by atoms with Crippen molar-refractivity contribution in [1.82, 2.24) is 10.2 Å². The van der Waals surface area contributed by atoms with Crippen LogP contribution in [-0.2, 0) is 6.54 Å². The molecule has 0 aliphatic carbocycles. The van der Waals surface area contributed by atoms with E-state index in [-0.39, 0.29) is 0 Å². The minimum absolute atomic E-state index is 0.344. The summed E-state index contributed by atoms with van der Waals surface area (Å²) in [7, 11) is 4.14. The van der Waals surface area contributed by atoms with Crippen LogP contribution in [0.4, 0.5) is 0 Å². The second-order valence-corrected chi connectivity index (χ2v) is 7.36. The Kier molecular flexibility index (Phi) is 6.52. The summed E-state index contributed by atoms with van der Waals surface area (Å²) in [5.74, 6) is 0. The molecule has 0 spiro atoms. The number of nitrogens with zero attached hydrogens (tertiary/aromatic N) is 1. The van der Waals surface area contributed by atoms with E-state index in [1.807, 2.05) is 25.2 Å². The maximum atomic E-state index is 5.97. The number of benzene rings is 1. The summed E-state index contributed by atoms with van der Waals surface area (Å²) in [4.78, 5) is 3.62. The first-order valence-corrected chi connectivity index (χ1v) is 8.51. The molecule has 114 valence electrons. The van der Waals surface area contributed by atoms with Crippen LogP contribution in [0.3, 0.4) is 0 Å². The first-order chi connectivity index (χ1) is 10.1. The van der Waals surface area contributed by atoms with Gasteiger partial charge in [0.2, 0.25) is 0 Å². The van der Waals surface area contributed by atoms with E-state index < -0.39 is 0 Å². The quantitative estimate of drug-likeness (QED) is 0.774. The normalized spacial score (nSPS) is 12.8. The highest BCUT2D eigenvalue weighted by Gasteiger charge is 2.11. The SMILES string of the molecule is CNC(CCN(C)Cc1ccc(Cl)s1)c1ccc(Cl)cc1. The lowest BCUT2D eigenvalue weighted by Gasteiger charge is -2.21. The maximum absolute atomic E-state index is 5.97. The highest BCUT2D eigenvalue weighted by molar-refractivity contribution is 7.16. The lowest BCUT2D eigenvalue weighted by molar-refractivity contribution is 0.306. The number of hydrogen-bond donors (Lipinski definition) is 1. The number of hydrogen-bond acceptors (Lipinski definition) is 3. The Morgan fingerprint density at radius 3 is 2.43 bits per heavy atom. The Morgan fingerprint density at radius 1 is 1.14 bits per heavy atom. The highest BCUT2D eigenvalue weighted by atomic mass is 35.5. The Bertz CT molecular complexity index is 554. The van der Waals surface area contributed by atoms with Crippen molar-refractivity contribution in [1.29, 1.82) is 0 Å². The summed E-state index contributed by atoms with van der Waals surface area (Å²) in [6, 6.07) is 12.5.